The zero-order valence-electron chi connectivity index (χ0n) is 13.8. The number of amides is 1. The predicted molar refractivity (Wildman–Crippen MR) is 81.8 cm³/mol. The molecule has 124 valence electrons. The minimum Gasteiger partial charge on any atom is -0.468 e. The predicted octanol–water partition coefficient (Wildman–Crippen LogP) is 1.18. The molecule has 0 fully saturated rings. The SMILES string of the molecule is CCC(CC)CN(CC(=O)OC)C(=O)C(N)CCCOC. The lowest BCUT2D eigenvalue weighted by Crippen LogP contribution is -2.47. The second kappa shape index (κ2) is 11.5. The summed E-state index contributed by atoms with van der Waals surface area (Å²) in [6, 6.07) is -0.598. The standard InChI is InChI=1S/C15H30N2O4/c1-5-12(6-2)10-17(11-14(18)21-4)15(19)13(16)8-7-9-20-3/h12-13H,5-11,16H2,1-4H3. The number of hydrogen-bond donors (Lipinski definition) is 1. The highest BCUT2D eigenvalue weighted by Gasteiger charge is 2.24. The summed E-state index contributed by atoms with van der Waals surface area (Å²) < 4.78 is 9.62. The van der Waals surface area contributed by atoms with Crippen LogP contribution in [0.1, 0.15) is 39.5 Å². The Kier molecular flexibility index (Phi) is 10.9. The molecule has 0 bridgehead atoms. The van der Waals surface area contributed by atoms with E-state index in [9.17, 15) is 9.59 Å². The highest BCUT2D eigenvalue weighted by Crippen LogP contribution is 2.12. The van der Waals surface area contributed by atoms with E-state index in [4.69, 9.17) is 10.5 Å². The van der Waals surface area contributed by atoms with Crippen molar-refractivity contribution in [1.29, 1.82) is 0 Å². The van der Waals surface area contributed by atoms with E-state index < -0.39 is 12.0 Å². The fraction of sp³-hybridized carbons (Fsp3) is 0.867. The molecule has 0 aliphatic rings. The fourth-order valence-corrected chi connectivity index (χ4v) is 2.12. The maximum Gasteiger partial charge on any atom is 0.325 e. The molecule has 0 saturated carbocycles. The molecule has 0 radical (unpaired) electrons. The van der Waals surface area contributed by atoms with Crippen LogP contribution in [0.4, 0.5) is 0 Å². The molecule has 2 N–H and O–H groups in total. The molecule has 0 aromatic carbocycles. The van der Waals surface area contributed by atoms with Crippen molar-refractivity contribution in [2.75, 3.05) is 33.9 Å². The average Bonchev–Trinajstić information content (AvgIpc) is 2.50. The lowest BCUT2D eigenvalue weighted by atomic mass is 10.0. The number of rotatable bonds is 11. The van der Waals surface area contributed by atoms with E-state index >= 15 is 0 Å². The zero-order valence-corrected chi connectivity index (χ0v) is 13.8. The summed E-state index contributed by atoms with van der Waals surface area (Å²) in [4.78, 5) is 25.4. The van der Waals surface area contributed by atoms with Crippen molar-refractivity contribution >= 4 is 11.9 Å². The van der Waals surface area contributed by atoms with Gasteiger partial charge in [-0.3, -0.25) is 9.59 Å². The number of methoxy groups -OCH3 is 2. The van der Waals surface area contributed by atoms with Crippen LogP contribution in [0.2, 0.25) is 0 Å². The first-order valence-electron chi connectivity index (χ1n) is 7.60. The van der Waals surface area contributed by atoms with Gasteiger partial charge >= 0.3 is 5.97 Å². The average molecular weight is 302 g/mol. The number of nitrogens with two attached hydrogens (primary N) is 1. The Bertz CT molecular complexity index is 306. The van der Waals surface area contributed by atoms with Gasteiger partial charge < -0.3 is 20.1 Å². The summed E-state index contributed by atoms with van der Waals surface area (Å²) in [5.74, 6) is -0.244. The molecule has 6 nitrogen and oxygen atoms in total. The van der Waals surface area contributed by atoms with Crippen LogP contribution in [0, 0.1) is 5.92 Å². The van der Waals surface area contributed by atoms with Gasteiger partial charge in [-0.05, 0) is 18.8 Å². The highest BCUT2D eigenvalue weighted by molar-refractivity contribution is 5.85. The molecule has 1 amide bonds. The zero-order chi connectivity index (χ0) is 16.3. The van der Waals surface area contributed by atoms with Gasteiger partial charge in [-0.15, -0.1) is 0 Å². The lowest BCUT2D eigenvalue weighted by Gasteiger charge is -2.28. The summed E-state index contributed by atoms with van der Waals surface area (Å²) >= 11 is 0. The van der Waals surface area contributed by atoms with Crippen molar-refractivity contribution < 1.29 is 19.1 Å². The van der Waals surface area contributed by atoms with Crippen molar-refractivity contribution in [3.8, 4) is 0 Å². The normalized spacial score (nSPS) is 12.3. The maximum absolute atomic E-state index is 12.4. The Morgan fingerprint density at radius 1 is 1.19 bits per heavy atom. The van der Waals surface area contributed by atoms with Gasteiger partial charge in [0.05, 0.1) is 13.2 Å². The van der Waals surface area contributed by atoms with E-state index in [0.29, 0.717) is 25.5 Å². The number of esters is 1. The first-order chi connectivity index (χ1) is 9.99. The topological polar surface area (TPSA) is 81.9 Å². The van der Waals surface area contributed by atoms with Gasteiger partial charge in [0.2, 0.25) is 5.91 Å². The monoisotopic (exact) mass is 302 g/mol. The number of carbonyl (C=O) groups excluding carboxylic acids is 2. The molecule has 0 aliphatic heterocycles. The van der Waals surface area contributed by atoms with Crippen LogP contribution in [-0.2, 0) is 19.1 Å². The van der Waals surface area contributed by atoms with Gasteiger partial charge in [-0.2, -0.15) is 0 Å². The van der Waals surface area contributed by atoms with E-state index in [-0.39, 0.29) is 12.5 Å². The summed E-state index contributed by atoms with van der Waals surface area (Å²) in [7, 11) is 2.94. The minimum absolute atomic E-state index is 0.0379. The molecule has 1 unspecified atom stereocenters. The first kappa shape index (κ1) is 19.9. The van der Waals surface area contributed by atoms with Crippen LogP contribution in [0.3, 0.4) is 0 Å². The molecule has 0 spiro atoms. The Morgan fingerprint density at radius 2 is 1.81 bits per heavy atom. The van der Waals surface area contributed by atoms with Crippen LogP contribution < -0.4 is 5.73 Å². The third-order valence-electron chi connectivity index (χ3n) is 3.67. The molecule has 21 heavy (non-hydrogen) atoms. The highest BCUT2D eigenvalue weighted by atomic mass is 16.5. The van der Waals surface area contributed by atoms with Gasteiger partial charge in [-0.25, -0.2) is 0 Å². The largest absolute Gasteiger partial charge is 0.468 e. The van der Waals surface area contributed by atoms with E-state index in [1.807, 2.05) is 0 Å². The van der Waals surface area contributed by atoms with Crippen LogP contribution in [0.15, 0.2) is 0 Å². The molecule has 0 aromatic heterocycles. The van der Waals surface area contributed by atoms with E-state index in [1.54, 1.807) is 7.11 Å². The van der Waals surface area contributed by atoms with Crippen LogP contribution in [-0.4, -0.2) is 56.7 Å². The maximum atomic E-state index is 12.4. The molecule has 6 heteroatoms. The van der Waals surface area contributed by atoms with Gasteiger partial charge in [0.25, 0.3) is 0 Å². The second-order valence-electron chi connectivity index (χ2n) is 5.22. The Morgan fingerprint density at radius 3 is 2.29 bits per heavy atom. The van der Waals surface area contributed by atoms with Gasteiger partial charge in [0.15, 0.2) is 0 Å². The third kappa shape index (κ3) is 8.02. The Labute approximate surface area is 127 Å². The molecule has 0 aliphatic carbocycles. The van der Waals surface area contributed by atoms with E-state index in [2.05, 4.69) is 18.6 Å². The third-order valence-corrected chi connectivity index (χ3v) is 3.67. The van der Waals surface area contributed by atoms with Crippen molar-refractivity contribution in [2.24, 2.45) is 11.7 Å². The van der Waals surface area contributed by atoms with Crippen LogP contribution in [0.25, 0.3) is 0 Å². The van der Waals surface area contributed by atoms with Crippen molar-refractivity contribution in [3.05, 3.63) is 0 Å². The fourth-order valence-electron chi connectivity index (χ4n) is 2.12. The smallest absolute Gasteiger partial charge is 0.325 e. The Hall–Kier alpha value is -1.14. The first-order valence-corrected chi connectivity index (χ1v) is 7.60. The molecule has 0 saturated heterocycles. The van der Waals surface area contributed by atoms with Crippen molar-refractivity contribution in [2.45, 2.75) is 45.6 Å². The second-order valence-corrected chi connectivity index (χ2v) is 5.22. The van der Waals surface area contributed by atoms with Crippen LogP contribution in [0.5, 0.6) is 0 Å². The molecule has 0 heterocycles. The van der Waals surface area contributed by atoms with Gasteiger partial charge in [0, 0.05) is 20.3 Å². The summed E-state index contributed by atoms with van der Waals surface area (Å²) in [6.45, 7) is 5.23. The van der Waals surface area contributed by atoms with Gasteiger partial charge in [0.1, 0.15) is 6.54 Å². The molecule has 0 rings (SSSR count). The Balaban J connectivity index is 4.67. The van der Waals surface area contributed by atoms with E-state index in [1.165, 1.54) is 12.0 Å². The van der Waals surface area contributed by atoms with Crippen LogP contribution >= 0.6 is 0 Å². The number of ether oxygens (including phenoxy) is 2. The molecule has 1 atom stereocenters. The molecule has 0 aromatic rings. The van der Waals surface area contributed by atoms with Crippen molar-refractivity contribution in [3.63, 3.8) is 0 Å². The molecular weight excluding hydrogens is 272 g/mol. The number of carbonyl (C=O) groups is 2. The number of hydrogen-bond acceptors (Lipinski definition) is 5. The lowest BCUT2D eigenvalue weighted by molar-refractivity contribution is -0.148. The van der Waals surface area contributed by atoms with Gasteiger partial charge in [-0.1, -0.05) is 26.7 Å². The summed E-state index contributed by atoms with van der Waals surface area (Å²) in [5.41, 5.74) is 5.94. The van der Waals surface area contributed by atoms with Crippen molar-refractivity contribution in [1.82, 2.24) is 4.90 Å². The quantitative estimate of drug-likeness (QED) is 0.458. The van der Waals surface area contributed by atoms with E-state index in [0.717, 1.165) is 19.3 Å². The molecular formula is C15H30N2O4. The minimum atomic E-state index is -0.598. The number of nitrogens with zero attached hydrogens (tertiary/aromatic N) is 1. The summed E-state index contributed by atoms with van der Waals surface area (Å²) in [6.07, 6.45) is 3.19. The summed E-state index contributed by atoms with van der Waals surface area (Å²) in [5, 5.41) is 0.